The third-order valence-corrected chi connectivity index (χ3v) is 5.03. The Morgan fingerprint density at radius 3 is 2.48 bits per heavy atom. The normalized spacial score (nSPS) is 31.0. The molecule has 7 nitrogen and oxygen atoms in total. The lowest BCUT2D eigenvalue weighted by Gasteiger charge is -2.41. The third kappa shape index (κ3) is 3.67. The summed E-state index contributed by atoms with van der Waals surface area (Å²) < 4.78 is 5.31. The molecule has 0 spiro atoms. The summed E-state index contributed by atoms with van der Waals surface area (Å²) >= 11 is 0. The Balaban J connectivity index is 2.23. The van der Waals surface area contributed by atoms with Gasteiger partial charge in [0.25, 0.3) is 5.91 Å². The molecule has 0 aromatic rings. The molecule has 2 heterocycles. The van der Waals surface area contributed by atoms with Crippen LogP contribution in [0.15, 0.2) is 0 Å². The highest BCUT2D eigenvalue weighted by Gasteiger charge is 2.53. The average Bonchev–Trinajstić information content (AvgIpc) is 2.58. The summed E-state index contributed by atoms with van der Waals surface area (Å²) in [5, 5.41) is 20.5. The number of imide groups is 1. The molecule has 0 aromatic heterocycles. The molecule has 2 atom stereocenters. The van der Waals surface area contributed by atoms with Crippen molar-refractivity contribution in [2.24, 2.45) is 5.41 Å². The monoisotopic (exact) mass is 328 g/mol. The van der Waals surface area contributed by atoms with Crippen molar-refractivity contribution in [2.75, 3.05) is 32.8 Å². The number of carbonyl (C=O) groups excluding carboxylic acids is 1. The molecule has 0 radical (unpaired) electrons. The van der Waals surface area contributed by atoms with Crippen LogP contribution < -0.4 is 0 Å². The highest BCUT2D eigenvalue weighted by Crippen LogP contribution is 2.39. The molecule has 23 heavy (non-hydrogen) atoms. The highest BCUT2D eigenvalue weighted by atomic mass is 16.5. The Hall–Kier alpha value is -1.18. The van der Waals surface area contributed by atoms with Crippen LogP contribution in [0.1, 0.15) is 40.0 Å². The number of carboxylic acid groups (broad SMARTS) is 1. The molecule has 2 aliphatic rings. The van der Waals surface area contributed by atoms with Crippen molar-refractivity contribution >= 4 is 12.0 Å². The number of morpholine rings is 1. The van der Waals surface area contributed by atoms with E-state index < -0.39 is 29.1 Å². The lowest BCUT2D eigenvalue weighted by atomic mass is 9.73. The fourth-order valence-electron chi connectivity index (χ4n) is 3.39. The summed E-state index contributed by atoms with van der Waals surface area (Å²) in [6, 6.07) is -0.422. The van der Waals surface area contributed by atoms with Crippen LogP contribution in [0.4, 0.5) is 4.79 Å². The van der Waals surface area contributed by atoms with Crippen LogP contribution >= 0.6 is 0 Å². The second-order valence-electron chi connectivity index (χ2n) is 7.53. The largest absolute Gasteiger partial charge is 0.465 e. The Labute approximate surface area is 137 Å². The predicted molar refractivity (Wildman–Crippen MR) is 84.2 cm³/mol. The van der Waals surface area contributed by atoms with Crippen molar-refractivity contribution in [1.82, 2.24) is 9.80 Å². The number of carbonyl (C=O) groups is 2. The van der Waals surface area contributed by atoms with Gasteiger partial charge in [0.1, 0.15) is 5.60 Å². The predicted octanol–water partition coefficient (Wildman–Crippen LogP) is 1.15. The van der Waals surface area contributed by atoms with E-state index in [4.69, 9.17) is 4.74 Å². The van der Waals surface area contributed by atoms with Gasteiger partial charge in [0.05, 0.1) is 19.3 Å². The van der Waals surface area contributed by atoms with Gasteiger partial charge in [-0.05, 0) is 24.7 Å². The van der Waals surface area contributed by atoms with E-state index in [9.17, 15) is 19.8 Å². The Bertz CT molecular complexity index is 456. The number of rotatable bonds is 2. The maximum Gasteiger partial charge on any atom is 0.414 e. The Morgan fingerprint density at radius 2 is 1.96 bits per heavy atom. The first kappa shape index (κ1) is 18.2. The topological polar surface area (TPSA) is 90.3 Å². The number of hydrogen-bond donors (Lipinski definition) is 2. The average molecular weight is 328 g/mol. The van der Waals surface area contributed by atoms with E-state index in [2.05, 4.69) is 4.90 Å². The summed E-state index contributed by atoms with van der Waals surface area (Å²) in [7, 11) is 0. The van der Waals surface area contributed by atoms with Crippen LogP contribution in [0.3, 0.4) is 0 Å². The zero-order chi connectivity index (χ0) is 17.3. The van der Waals surface area contributed by atoms with E-state index in [1.807, 2.05) is 0 Å². The number of likely N-dealkylation sites (tertiary alicyclic amines) is 1. The van der Waals surface area contributed by atoms with Crippen molar-refractivity contribution < 1.29 is 24.5 Å². The molecule has 0 saturated carbocycles. The quantitative estimate of drug-likeness (QED) is 0.790. The fraction of sp³-hybridized carbons (Fsp3) is 0.875. The molecule has 0 aliphatic carbocycles. The number of amides is 2. The second-order valence-corrected chi connectivity index (χ2v) is 7.53. The SMILES string of the molecule is CC(C)(C)C1(O)CCCC(CN2CCOCC2)N(C(=O)O)C1=O. The van der Waals surface area contributed by atoms with Crippen molar-refractivity contribution in [3.63, 3.8) is 0 Å². The maximum absolute atomic E-state index is 12.9. The van der Waals surface area contributed by atoms with E-state index in [-0.39, 0.29) is 0 Å². The Morgan fingerprint density at radius 1 is 1.35 bits per heavy atom. The van der Waals surface area contributed by atoms with Gasteiger partial charge in [-0.2, -0.15) is 0 Å². The standard InChI is InChI=1S/C16H28N2O5/c1-15(2,3)16(22)6-4-5-12(18(13(16)19)14(20)21)11-17-7-9-23-10-8-17/h12,22H,4-11H2,1-3H3,(H,20,21). The molecule has 2 rings (SSSR count). The van der Waals surface area contributed by atoms with Crippen molar-refractivity contribution in [3.8, 4) is 0 Å². The number of nitrogens with zero attached hydrogens (tertiary/aromatic N) is 2. The van der Waals surface area contributed by atoms with Crippen LogP contribution in [0.5, 0.6) is 0 Å². The third-order valence-electron chi connectivity index (χ3n) is 5.03. The summed E-state index contributed by atoms with van der Waals surface area (Å²) in [5.74, 6) is -0.687. The molecule has 2 fully saturated rings. The van der Waals surface area contributed by atoms with Gasteiger partial charge in [-0.25, -0.2) is 9.69 Å². The molecular weight excluding hydrogens is 300 g/mol. The van der Waals surface area contributed by atoms with Gasteiger partial charge in [0, 0.05) is 19.6 Å². The van der Waals surface area contributed by atoms with Gasteiger partial charge in [-0.3, -0.25) is 9.69 Å². The molecule has 7 heteroatoms. The van der Waals surface area contributed by atoms with E-state index >= 15 is 0 Å². The smallest absolute Gasteiger partial charge is 0.414 e. The van der Waals surface area contributed by atoms with Crippen LogP contribution in [0.2, 0.25) is 0 Å². The first-order valence-corrected chi connectivity index (χ1v) is 8.26. The minimum atomic E-state index is -1.65. The van der Waals surface area contributed by atoms with E-state index in [1.54, 1.807) is 20.8 Å². The van der Waals surface area contributed by atoms with Gasteiger partial charge >= 0.3 is 6.09 Å². The highest BCUT2D eigenvalue weighted by molar-refractivity contribution is 5.97. The van der Waals surface area contributed by atoms with Gasteiger partial charge in [0.15, 0.2) is 0 Å². The summed E-state index contributed by atoms with van der Waals surface area (Å²) in [6.07, 6.45) is 0.211. The van der Waals surface area contributed by atoms with Crippen molar-refractivity contribution in [3.05, 3.63) is 0 Å². The van der Waals surface area contributed by atoms with Crippen LogP contribution in [-0.4, -0.2) is 76.5 Å². The molecule has 2 saturated heterocycles. The molecule has 132 valence electrons. The van der Waals surface area contributed by atoms with E-state index in [1.165, 1.54) is 0 Å². The van der Waals surface area contributed by atoms with E-state index in [0.29, 0.717) is 39.0 Å². The summed E-state index contributed by atoms with van der Waals surface area (Å²) in [6.45, 7) is 8.54. The number of hydrogen-bond acceptors (Lipinski definition) is 5. The molecule has 0 aromatic carbocycles. The molecule has 2 amide bonds. The number of ether oxygens (including phenoxy) is 1. The summed E-state index contributed by atoms with van der Waals surface area (Å²) in [4.78, 5) is 27.6. The van der Waals surface area contributed by atoms with E-state index in [0.717, 1.165) is 18.0 Å². The Kier molecular flexibility index (Phi) is 5.33. The van der Waals surface area contributed by atoms with Gasteiger partial charge in [-0.1, -0.05) is 20.8 Å². The molecule has 2 N–H and O–H groups in total. The summed E-state index contributed by atoms with van der Waals surface area (Å²) in [5.41, 5.74) is -2.36. The molecule has 2 aliphatic heterocycles. The first-order valence-electron chi connectivity index (χ1n) is 8.26. The molecule has 2 unspecified atom stereocenters. The van der Waals surface area contributed by atoms with Crippen LogP contribution in [0.25, 0.3) is 0 Å². The minimum absolute atomic E-state index is 0.290. The minimum Gasteiger partial charge on any atom is -0.465 e. The first-order chi connectivity index (χ1) is 10.7. The zero-order valence-electron chi connectivity index (χ0n) is 14.2. The van der Waals surface area contributed by atoms with Crippen molar-refractivity contribution in [2.45, 2.75) is 51.7 Å². The maximum atomic E-state index is 12.9. The lowest BCUT2D eigenvalue weighted by molar-refractivity contribution is -0.162. The van der Waals surface area contributed by atoms with Crippen molar-refractivity contribution in [1.29, 1.82) is 0 Å². The fourth-order valence-corrected chi connectivity index (χ4v) is 3.39. The van der Waals surface area contributed by atoms with Gasteiger partial charge in [0.2, 0.25) is 0 Å². The molecule has 0 bridgehead atoms. The molecular formula is C16H28N2O5. The second kappa shape index (κ2) is 6.75. The van der Waals surface area contributed by atoms with Crippen LogP contribution in [0, 0.1) is 5.41 Å². The lowest BCUT2D eigenvalue weighted by Crippen LogP contribution is -2.60. The van der Waals surface area contributed by atoms with Gasteiger partial charge in [-0.15, -0.1) is 0 Å². The van der Waals surface area contributed by atoms with Gasteiger partial charge < -0.3 is 14.9 Å². The van der Waals surface area contributed by atoms with Crippen LogP contribution in [-0.2, 0) is 9.53 Å². The number of aliphatic hydroxyl groups is 1. The zero-order valence-corrected chi connectivity index (χ0v) is 14.2.